The fraction of sp³-hybridized carbons (Fsp3) is 0.611. The van der Waals surface area contributed by atoms with Gasteiger partial charge in [0.25, 0.3) is 0 Å². The van der Waals surface area contributed by atoms with E-state index in [1.807, 2.05) is 35.8 Å². The van der Waals surface area contributed by atoms with E-state index in [2.05, 4.69) is 39.7 Å². The number of nitrogens with one attached hydrogen (secondary N) is 2. The molecule has 130 valence electrons. The number of pyridine rings is 1. The molecule has 3 rings (SSSR count). The molecule has 6 nitrogen and oxygen atoms in total. The van der Waals surface area contributed by atoms with Crippen LogP contribution >= 0.6 is 0 Å². The highest BCUT2D eigenvalue weighted by molar-refractivity contribution is 5.79. The number of fused-ring (bicyclic) bond motifs is 1. The largest absolute Gasteiger partial charge is 0.356 e. The molecule has 0 aromatic carbocycles. The van der Waals surface area contributed by atoms with Crippen LogP contribution in [0.15, 0.2) is 29.4 Å². The molecule has 2 unspecified atom stereocenters. The van der Waals surface area contributed by atoms with E-state index in [0.717, 1.165) is 42.2 Å². The summed E-state index contributed by atoms with van der Waals surface area (Å²) < 4.78 is 2.03. The Morgan fingerprint density at radius 2 is 2.00 bits per heavy atom. The highest BCUT2D eigenvalue weighted by Gasteiger charge is 2.24. The normalized spacial score (nSPS) is 25.0. The lowest BCUT2D eigenvalue weighted by Crippen LogP contribution is -2.46. The maximum Gasteiger partial charge on any atom is 0.191 e. The zero-order valence-corrected chi connectivity index (χ0v) is 14.9. The first-order valence-corrected chi connectivity index (χ1v) is 8.91. The lowest BCUT2D eigenvalue weighted by molar-refractivity contribution is 0.255. The highest BCUT2D eigenvalue weighted by Crippen LogP contribution is 2.28. The topological polar surface area (TPSA) is 66.6 Å². The number of rotatable bonds is 4. The zero-order valence-electron chi connectivity index (χ0n) is 14.9. The molecular formula is C18H28N6. The first-order chi connectivity index (χ1) is 11.7. The molecule has 0 bridgehead atoms. The molecular weight excluding hydrogens is 300 g/mol. The van der Waals surface area contributed by atoms with Gasteiger partial charge in [0.2, 0.25) is 0 Å². The average molecular weight is 328 g/mol. The third-order valence-electron chi connectivity index (χ3n) is 4.77. The smallest absolute Gasteiger partial charge is 0.191 e. The minimum absolute atomic E-state index is 0.517. The molecule has 1 aliphatic rings. The van der Waals surface area contributed by atoms with Gasteiger partial charge in [-0.1, -0.05) is 19.9 Å². The Hall–Kier alpha value is -2.11. The number of hydrogen-bond donors (Lipinski definition) is 2. The van der Waals surface area contributed by atoms with Crippen LogP contribution in [0.5, 0.6) is 0 Å². The van der Waals surface area contributed by atoms with Crippen molar-refractivity contribution in [3.63, 3.8) is 0 Å². The van der Waals surface area contributed by atoms with Gasteiger partial charge in [-0.3, -0.25) is 9.39 Å². The Morgan fingerprint density at radius 3 is 2.75 bits per heavy atom. The van der Waals surface area contributed by atoms with Crippen molar-refractivity contribution in [1.29, 1.82) is 0 Å². The fourth-order valence-electron chi connectivity index (χ4n) is 3.81. The molecule has 2 aromatic heterocycles. The quantitative estimate of drug-likeness (QED) is 0.667. The van der Waals surface area contributed by atoms with Gasteiger partial charge in [-0.05, 0) is 43.2 Å². The van der Waals surface area contributed by atoms with Crippen molar-refractivity contribution in [3.8, 4) is 0 Å². The Kier molecular flexibility index (Phi) is 5.33. The number of aliphatic imine (C=N–C) groups is 1. The SMILES string of the molecule is CN=C(NCCc1nnc2ccccn12)NC1CC(C)CC(C)C1. The summed E-state index contributed by atoms with van der Waals surface area (Å²) in [5.74, 6) is 3.42. The lowest BCUT2D eigenvalue weighted by Gasteiger charge is -2.32. The van der Waals surface area contributed by atoms with Crippen LogP contribution in [-0.4, -0.2) is 40.2 Å². The van der Waals surface area contributed by atoms with E-state index < -0.39 is 0 Å². The van der Waals surface area contributed by atoms with Crippen LogP contribution in [0, 0.1) is 11.8 Å². The summed E-state index contributed by atoms with van der Waals surface area (Å²) in [4.78, 5) is 4.36. The first kappa shape index (κ1) is 16.7. The van der Waals surface area contributed by atoms with Gasteiger partial charge in [0.15, 0.2) is 11.6 Å². The Morgan fingerprint density at radius 1 is 1.21 bits per heavy atom. The van der Waals surface area contributed by atoms with Gasteiger partial charge in [0.05, 0.1) is 0 Å². The molecule has 2 heterocycles. The third kappa shape index (κ3) is 4.04. The second-order valence-electron chi connectivity index (χ2n) is 7.05. The molecule has 0 radical (unpaired) electrons. The zero-order chi connectivity index (χ0) is 16.9. The molecule has 6 heteroatoms. The summed E-state index contributed by atoms with van der Waals surface area (Å²) in [6, 6.07) is 6.46. The van der Waals surface area contributed by atoms with Gasteiger partial charge in [-0.15, -0.1) is 10.2 Å². The number of guanidine groups is 1. The second-order valence-corrected chi connectivity index (χ2v) is 7.05. The maximum absolute atomic E-state index is 4.36. The number of aromatic nitrogens is 3. The molecule has 1 saturated carbocycles. The van der Waals surface area contributed by atoms with E-state index in [9.17, 15) is 0 Å². The van der Waals surface area contributed by atoms with Gasteiger partial charge in [0, 0.05) is 32.3 Å². The van der Waals surface area contributed by atoms with Gasteiger partial charge in [-0.2, -0.15) is 0 Å². The summed E-state index contributed by atoms with van der Waals surface area (Å²) in [6.45, 7) is 5.47. The van der Waals surface area contributed by atoms with Crippen molar-refractivity contribution in [1.82, 2.24) is 25.2 Å². The van der Waals surface area contributed by atoms with E-state index in [4.69, 9.17) is 0 Å². The van der Waals surface area contributed by atoms with Crippen LogP contribution in [0.2, 0.25) is 0 Å². The van der Waals surface area contributed by atoms with E-state index in [1.54, 1.807) is 0 Å². The van der Waals surface area contributed by atoms with Crippen molar-refractivity contribution in [2.24, 2.45) is 16.8 Å². The molecule has 2 aromatic rings. The molecule has 1 aliphatic carbocycles. The minimum atomic E-state index is 0.517. The summed E-state index contributed by atoms with van der Waals surface area (Å²) in [7, 11) is 1.83. The summed E-state index contributed by atoms with van der Waals surface area (Å²) in [5.41, 5.74) is 0.889. The fourth-order valence-corrected chi connectivity index (χ4v) is 3.81. The molecule has 2 atom stereocenters. The average Bonchev–Trinajstić information content (AvgIpc) is 2.96. The highest BCUT2D eigenvalue weighted by atomic mass is 15.2. The van der Waals surface area contributed by atoms with E-state index in [0.29, 0.717) is 6.04 Å². The van der Waals surface area contributed by atoms with Crippen molar-refractivity contribution >= 4 is 11.6 Å². The molecule has 0 spiro atoms. The molecule has 24 heavy (non-hydrogen) atoms. The van der Waals surface area contributed by atoms with E-state index >= 15 is 0 Å². The summed E-state index contributed by atoms with van der Waals surface area (Å²) >= 11 is 0. The predicted octanol–water partition coefficient (Wildman–Crippen LogP) is 2.26. The molecule has 1 fully saturated rings. The first-order valence-electron chi connectivity index (χ1n) is 8.91. The molecule has 0 aliphatic heterocycles. The van der Waals surface area contributed by atoms with Gasteiger partial charge in [0.1, 0.15) is 5.82 Å². The third-order valence-corrected chi connectivity index (χ3v) is 4.77. The lowest BCUT2D eigenvalue weighted by atomic mass is 9.80. The predicted molar refractivity (Wildman–Crippen MR) is 97.2 cm³/mol. The molecule has 0 amide bonds. The van der Waals surface area contributed by atoms with Gasteiger partial charge < -0.3 is 10.6 Å². The van der Waals surface area contributed by atoms with Crippen LogP contribution in [0.3, 0.4) is 0 Å². The second kappa shape index (κ2) is 7.64. The monoisotopic (exact) mass is 328 g/mol. The number of nitrogens with zero attached hydrogens (tertiary/aromatic N) is 4. The van der Waals surface area contributed by atoms with Gasteiger partial charge in [-0.25, -0.2) is 0 Å². The van der Waals surface area contributed by atoms with Gasteiger partial charge >= 0.3 is 0 Å². The standard InChI is InChI=1S/C18H28N6/c1-13-10-14(2)12-15(11-13)21-18(19-3)20-8-7-17-23-22-16-6-4-5-9-24(16)17/h4-6,9,13-15H,7-8,10-12H2,1-3H3,(H2,19,20,21). The summed E-state index contributed by atoms with van der Waals surface area (Å²) in [5, 5.41) is 15.4. The Balaban J connectivity index is 1.51. The Bertz CT molecular complexity index is 682. The maximum atomic E-state index is 4.36. The Labute approximate surface area is 143 Å². The van der Waals surface area contributed by atoms with E-state index in [1.165, 1.54) is 19.3 Å². The van der Waals surface area contributed by atoms with Crippen molar-refractivity contribution in [2.45, 2.75) is 45.6 Å². The van der Waals surface area contributed by atoms with Crippen molar-refractivity contribution < 1.29 is 0 Å². The van der Waals surface area contributed by atoms with Crippen LogP contribution in [0.1, 0.15) is 38.9 Å². The summed E-state index contributed by atoms with van der Waals surface area (Å²) in [6.07, 6.45) is 6.59. The molecule has 2 N–H and O–H groups in total. The van der Waals surface area contributed by atoms with Crippen molar-refractivity contribution in [2.75, 3.05) is 13.6 Å². The minimum Gasteiger partial charge on any atom is -0.356 e. The van der Waals surface area contributed by atoms with Crippen molar-refractivity contribution in [3.05, 3.63) is 30.2 Å². The van der Waals surface area contributed by atoms with Crippen LogP contribution in [0.25, 0.3) is 5.65 Å². The van der Waals surface area contributed by atoms with E-state index in [-0.39, 0.29) is 0 Å². The van der Waals surface area contributed by atoms with Crippen LogP contribution < -0.4 is 10.6 Å². The molecule has 0 saturated heterocycles. The van der Waals surface area contributed by atoms with Crippen LogP contribution in [0.4, 0.5) is 0 Å². The van der Waals surface area contributed by atoms with Crippen LogP contribution in [-0.2, 0) is 6.42 Å². The number of hydrogen-bond acceptors (Lipinski definition) is 3.